The number of hydrogen-bond acceptors (Lipinski definition) is 0. The summed E-state index contributed by atoms with van der Waals surface area (Å²) >= 11 is 0. The van der Waals surface area contributed by atoms with E-state index in [1.165, 1.54) is 64.2 Å². The Kier molecular flexibility index (Phi) is 3.89. The molecular weight excluding hydrogens is 168 g/mol. The van der Waals surface area contributed by atoms with Gasteiger partial charge in [-0.25, -0.2) is 0 Å². The van der Waals surface area contributed by atoms with Gasteiger partial charge in [0.05, 0.1) is 0 Å². The van der Waals surface area contributed by atoms with Crippen LogP contribution in [-0.2, 0) is 0 Å². The highest BCUT2D eigenvalue weighted by Crippen LogP contribution is 2.36. The maximum absolute atomic E-state index is 2.50. The van der Waals surface area contributed by atoms with Crippen molar-refractivity contribution in [2.45, 2.75) is 71.1 Å². The first kappa shape index (κ1) is 10.5. The van der Waals surface area contributed by atoms with Crippen molar-refractivity contribution in [2.24, 2.45) is 17.8 Å². The first-order valence-corrected chi connectivity index (χ1v) is 6.86. The second-order valence-corrected chi connectivity index (χ2v) is 5.75. The third-order valence-electron chi connectivity index (χ3n) is 4.71. The number of rotatable bonds is 4. The molecule has 0 N–H and O–H groups in total. The summed E-state index contributed by atoms with van der Waals surface area (Å²) in [5.74, 6) is 3.23. The lowest BCUT2D eigenvalue weighted by Gasteiger charge is -2.20. The van der Waals surface area contributed by atoms with Gasteiger partial charge in [0.2, 0.25) is 0 Å². The van der Waals surface area contributed by atoms with Crippen LogP contribution < -0.4 is 0 Å². The standard InChI is InChI=1S/C14H26/c1-12(14-8-4-5-9-14)10-11-13-6-2-3-7-13/h12-14H,2-11H2,1H3. The fourth-order valence-corrected chi connectivity index (χ4v) is 3.56. The quantitative estimate of drug-likeness (QED) is 0.604. The Morgan fingerprint density at radius 1 is 0.929 bits per heavy atom. The van der Waals surface area contributed by atoms with Gasteiger partial charge in [0.25, 0.3) is 0 Å². The normalized spacial score (nSPS) is 27.2. The van der Waals surface area contributed by atoms with Gasteiger partial charge >= 0.3 is 0 Å². The number of hydrogen-bond donors (Lipinski definition) is 0. The molecule has 2 fully saturated rings. The van der Waals surface area contributed by atoms with Crippen LogP contribution in [0.5, 0.6) is 0 Å². The van der Waals surface area contributed by atoms with Crippen LogP contribution in [0.1, 0.15) is 71.1 Å². The maximum Gasteiger partial charge on any atom is -0.0388 e. The highest BCUT2D eigenvalue weighted by Gasteiger charge is 2.23. The molecule has 0 aromatic heterocycles. The van der Waals surface area contributed by atoms with Crippen molar-refractivity contribution < 1.29 is 0 Å². The van der Waals surface area contributed by atoms with Gasteiger partial charge in [-0.1, -0.05) is 71.1 Å². The van der Waals surface area contributed by atoms with Gasteiger partial charge in [-0.15, -0.1) is 0 Å². The van der Waals surface area contributed by atoms with Gasteiger partial charge in [0, 0.05) is 0 Å². The van der Waals surface area contributed by atoms with Crippen molar-refractivity contribution in [1.82, 2.24) is 0 Å². The lowest BCUT2D eigenvalue weighted by Crippen LogP contribution is -2.09. The van der Waals surface area contributed by atoms with Gasteiger partial charge in [0.1, 0.15) is 0 Å². The molecule has 0 aromatic carbocycles. The molecule has 2 rings (SSSR count). The second kappa shape index (κ2) is 5.19. The Morgan fingerprint density at radius 2 is 1.50 bits per heavy atom. The van der Waals surface area contributed by atoms with E-state index in [9.17, 15) is 0 Å². The maximum atomic E-state index is 2.50. The molecule has 2 saturated carbocycles. The summed E-state index contributed by atoms with van der Waals surface area (Å²) in [6.07, 6.45) is 15.3. The zero-order valence-corrected chi connectivity index (χ0v) is 9.80. The van der Waals surface area contributed by atoms with Gasteiger partial charge in [0.15, 0.2) is 0 Å². The zero-order valence-electron chi connectivity index (χ0n) is 9.80. The van der Waals surface area contributed by atoms with Gasteiger partial charge in [-0.3, -0.25) is 0 Å². The molecule has 0 radical (unpaired) electrons. The van der Waals surface area contributed by atoms with E-state index in [4.69, 9.17) is 0 Å². The Hall–Kier alpha value is 0. The molecule has 14 heavy (non-hydrogen) atoms. The summed E-state index contributed by atoms with van der Waals surface area (Å²) in [4.78, 5) is 0. The zero-order chi connectivity index (χ0) is 9.80. The lowest BCUT2D eigenvalue weighted by molar-refractivity contribution is 0.312. The molecule has 0 heteroatoms. The molecule has 0 aliphatic heterocycles. The van der Waals surface area contributed by atoms with Gasteiger partial charge in [-0.05, 0) is 17.8 Å². The summed E-state index contributed by atoms with van der Waals surface area (Å²) in [7, 11) is 0. The molecule has 1 atom stereocenters. The molecule has 0 heterocycles. The van der Waals surface area contributed by atoms with Crippen LogP contribution in [0.2, 0.25) is 0 Å². The Balaban J connectivity index is 1.63. The molecule has 2 aliphatic rings. The molecule has 0 amide bonds. The van der Waals surface area contributed by atoms with Crippen molar-refractivity contribution in [3.8, 4) is 0 Å². The average Bonchev–Trinajstić information content (AvgIpc) is 2.87. The van der Waals surface area contributed by atoms with E-state index in [-0.39, 0.29) is 0 Å². The van der Waals surface area contributed by atoms with Gasteiger partial charge in [-0.2, -0.15) is 0 Å². The Morgan fingerprint density at radius 3 is 2.14 bits per heavy atom. The minimum Gasteiger partial charge on any atom is -0.0622 e. The van der Waals surface area contributed by atoms with Crippen molar-refractivity contribution in [3.05, 3.63) is 0 Å². The third-order valence-corrected chi connectivity index (χ3v) is 4.71. The van der Waals surface area contributed by atoms with Crippen LogP contribution in [0, 0.1) is 17.8 Å². The molecule has 0 aromatic rings. The third kappa shape index (κ3) is 2.74. The predicted octanol–water partition coefficient (Wildman–Crippen LogP) is 4.78. The Labute approximate surface area is 89.5 Å². The summed E-state index contributed by atoms with van der Waals surface area (Å²) in [6, 6.07) is 0. The van der Waals surface area contributed by atoms with Crippen LogP contribution >= 0.6 is 0 Å². The molecule has 2 aliphatic carbocycles. The van der Waals surface area contributed by atoms with Crippen molar-refractivity contribution in [3.63, 3.8) is 0 Å². The van der Waals surface area contributed by atoms with Crippen LogP contribution in [0.3, 0.4) is 0 Å². The molecule has 1 unspecified atom stereocenters. The van der Waals surface area contributed by atoms with Crippen LogP contribution in [0.4, 0.5) is 0 Å². The molecule has 82 valence electrons. The van der Waals surface area contributed by atoms with E-state index < -0.39 is 0 Å². The first-order chi connectivity index (χ1) is 6.86. The average molecular weight is 194 g/mol. The molecular formula is C14H26. The van der Waals surface area contributed by atoms with Crippen molar-refractivity contribution >= 4 is 0 Å². The van der Waals surface area contributed by atoms with E-state index in [1.54, 1.807) is 0 Å². The van der Waals surface area contributed by atoms with Crippen LogP contribution in [-0.4, -0.2) is 0 Å². The van der Waals surface area contributed by atoms with Crippen LogP contribution in [0.25, 0.3) is 0 Å². The highest BCUT2D eigenvalue weighted by atomic mass is 14.3. The Bertz CT molecular complexity index is 149. The SMILES string of the molecule is CC(CCC1CCCC1)C1CCCC1. The summed E-state index contributed by atoms with van der Waals surface area (Å²) in [6.45, 7) is 2.50. The second-order valence-electron chi connectivity index (χ2n) is 5.75. The topological polar surface area (TPSA) is 0 Å². The molecule has 0 nitrogen and oxygen atoms in total. The first-order valence-electron chi connectivity index (χ1n) is 6.86. The summed E-state index contributed by atoms with van der Waals surface area (Å²) < 4.78 is 0. The van der Waals surface area contributed by atoms with Crippen molar-refractivity contribution in [1.29, 1.82) is 0 Å². The lowest BCUT2D eigenvalue weighted by atomic mass is 9.86. The van der Waals surface area contributed by atoms with E-state index in [0.29, 0.717) is 0 Å². The van der Waals surface area contributed by atoms with Crippen molar-refractivity contribution in [2.75, 3.05) is 0 Å². The molecule has 0 bridgehead atoms. The smallest absolute Gasteiger partial charge is 0.0388 e. The largest absolute Gasteiger partial charge is 0.0622 e. The van der Waals surface area contributed by atoms with E-state index in [0.717, 1.165) is 17.8 Å². The highest BCUT2D eigenvalue weighted by molar-refractivity contribution is 4.75. The molecule has 0 saturated heterocycles. The fourth-order valence-electron chi connectivity index (χ4n) is 3.56. The van der Waals surface area contributed by atoms with E-state index >= 15 is 0 Å². The van der Waals surface area contributed by atoms with Crippen LogP contribution in [0.15, 0.2) is 0 Å². The predicted molar refractivity (Wildman–Crippen MR) is 62.3 cm³/mol. The van der Waals surface area contributed by atoms with E-state index in [2.05, 4.69) is 6.92 Å². The summed E-state index contributed by atoms with van der Waals surface area (Å²) in [5, 5.41) is 0. The minimum atomic E-state index is 1.03. The summed E-state index contributed by atoms with van der Waals surface area (Å²) in [5.41, 5.74) is 0. The monoisotopic (exact) mass is 194 g/mol. The van der Waals surface area contributed by atoms with Gasteiger partial charge < -0.3 is 0 Å². The molecule has 0 spiro atoms. The minimum absolute atomic E-state index is 1.03. The van der Waals surface area contributed by atoms with E-state index in [1.807, 2.05) is 0 Å². The fraction of sp³-hybridized carbons (Fsp3) is 1.00.